The van der Waals surface area contributed by atoms with Gasteiger partial charge in [0.1, 0.15) is 11.6 Å². The fourth-order valence-electron chi connectivity index (χ4n) is 6.88. The number of carbonyl (C=O) groups is 1. The molecule has 0 saturated carbocycles. The molecule has 0 aliphatic heterocycles. The Balaban J connectivity index is 1.30. The van der Waals surface area contributed by atoms with Gasteiger partial charge in [0.05, 0.1) is 0 Å². The molecule has 1 N–H and O–H groups in total. The van der Waals surface area contributed by atoms with Crippen LogP contribution < -0.4 is 0 Å². The fraction of sp³-hybridized carbons (Fsp3) is 0.381. The van der Waals surface area contributed by atoms with E-state index in [2.05, 4.69) is 49.6 Å². The Morgan fingerprint density at radius 1 is 0.633 bits per heavy atom. The van der Waals surface area contributed by atoms with E-state index < -0.39 is 5.97 Å². The van der Waals surface area contributed by atoms with E-state index in [0.29, 0.717) is 5.57 Å². The van der Waals surface area contributed by atoms with Gasteiger partial charge in [-0.2, -0.15) is 5.26 Å². The number of fused-ring (bicyclic) bond motifs is 3. The van der Waals surface area contributed by atoms with Crippen molar-refractivity contribution in [3.05, 3.63) is 87.1 Å². The first-order valence-corrected chi connectivity index (χ1v) is 21.3. The maximum absolute atomic E-state index is 12.1. The van der Waals surface area contributed by atoms with Crippen LogP contribution in [-0.4, -0.2) is 11.1 Å². The topological polar surface area (TPSA) is 61.1 Å². The fourth-order valence-corrected chi connectivity index (χ4v) is 11.7. The Morgan fingerprint density at radius 2 is 1.22 bits per heavy atom. The molecule has 0 spiro atoms. The van der Waals surface area contributed by atoms with Crippen LogP contribution in [0.3, 0.4) is 0 Å². The third-order valence-corrected chi connectivity index (χ3v) is 14.4. The van der Waals surface area contributed by atoms with Crippen molar-refractivity contribution in [3.8, 4) is 46.5 Å². The SMILES string of the molecule is CCCCCCCCc1ccsc1-c1ccc(-c2sc(-c3cc4c(s3)/C(=C(/C#N)C(=O)O)c3ccccc3-4)cc2CCCCCCCC)s1. The summed E-state index contributed by atoms with van der Waals surface area (Å²) in [6, 6.07) is 21.4. The number of benzene rings is 1. The second kappa shape index (κ2) is 17.1. The molecule has 0 unspecified atom stereocenters. The summed E-state index contributed by atoms with van der Waals surface area (Å²) in [4.78, 5) is 20.9. The molecular formula is C42H45NO2S4. The smallest absolute Gasteiger partial charge is 0.347 e. The first-order valence-electron chi connectivity index (χ1n) is 18.0. The van der Waals surface area contributed by atoms with Crippen molar-refractivity contribution < 1.29 is 9.90 Å². The van der Waals surface area contributed by atoms with E-state index >= 15 is 0 Å². The minimum absolute atomic E-state index is 0.189. The minimum atomic E-state index is -1.18. The second-order valence-electron chi connectivity index (χ2n) is 13.0. The number of hydrogen-bond donors (Lipinski definition) is 1. The highest BCUT2D eigenvalue weighted by molar-refractivity contribution is 7.28. The van der Waals surface area contributed by atoms with Gasteiger partial charge in [-0.25, -0.2) is 4.79 Å². The summed E-state index contributed by atoms with van der Waals surface area (Å²) in [6.45, 7) is 4.54. The third kappa shape index (κ3) is 8.05. The molecule has 4 heterocycles. The zero-order valence-corrected chi connectivity index (χ0v) is 31.9. The number of nitriles is 1. The molecule has 0 fully saturated rings. The summed E-state index contributed by atoms with van der Waals surface area (Å²) in [5.41, 5.74) is 6.13. The molecule has 5 aromatic rings. The van der Waals surface area contributed by atoms with Gasteiger partial charge in [-0.15, -0.1) is 45.3 Å². The number of nitrogens with zero attached hydrogens (tertiary/aromatic N) is 1. The molecule has 1 aromatic carbocycles. The first kappa shape index (κ1) is 35.5. The quantitative estimate of drug-likeness (QED) is 0.0545. The zero-order valence-electron chi connectivity index (χ0n) is 28.6. The van der Waals surface area contributed by atoms with Crippen LogP contribution in [0.2, 0.25) is 0 Å². The lowest BCUT2D eigenvalue weighted by Crippen LogP contribution is -2.01. The average Bonchev–Trinajstić information content (AvgIpc) is 3.94. The maximum Gasteiger partial charge on any atom is 0.347 e. The number of carboxylic acid groups (broad SMARTS) is 1. The number of aryl methyl sites for hydroxylation is 2. The molecule has 0 saturated heterocycles. The molecule has 1 aliphatic rings. The van der Waals surface area contributed by atoms with Crippen molar-refractivity contribution in [1.82, 2.24) is 0 Å². The Hall–Kier alpha value is -3.28. The van der Waals surface area contributed by atoms with Gasteiger partial charge in [0, 0.05) is 45.3 Å². The van der Waals surface area contributed by atoms with E-state index in [1.165, 1.54) is 113 Å². The van der Waals surface area contributed by atoms with E-state index in [1.807, 2.05) is 64.3 Å². The Kier molecular flexibility index (Phi) is 12.4. The number of hydrogen-bond acceptors (Lipinski definition) is 6. The summed E-state index contributed by atoms with van der Waals surface area (Å²) < 4.78 is 0. The Morgan fingerprint density at radius 3 is 1.90 bits per heavy atom. The number of thiophene rings is 4. The standard InChI is InChI=1S/C42H45NO2S4/c1-3-5-7-9-11-13-17-28-23-24-46-39(28)34-21-22-35(47-34)40-29(18-14-12-10-8-6-4-2)25-36(48-40)37-26-32-30-19-15-16-20-31(30)38(41(32)49-37)33(27-43)42(44)45/h15-16,19-26H,3-14,17-18H2,1-2H3,(H,44,45)/b38-33-. The van der Waals surface area contributed by atoms with Crippen LogP contribution in [-0.2, 0) is 17.6 Å². The molecule has 254 valence electrons. The Bertz CT molecular complexity index is 1960. The molecule has 7 heteroatoms. The zero-order chi connectivity index (χ0) is 34.2. The van der Waals surface area contributed by atoms with Gasteiger partial charge >= 0.3 is 5.97 Å². The third-order valence-electron chi connectivity index (χ3n) is 9.47. The molecule has 4 aromatic heterocycles. The number of unbranched alkanes of at least 4 members (excludes halogenated alkanes) is 10. The van der Waals surface area contributed by atoms with E-state index in [1.54, 1.807) is 11.3 Å². The summed E-state index contributed by atoms with van der Waals surface area (Å²) in [6.07, 6.45) is 17.7. The summed E-state index contributed by atoms with van der Waals surface area (Å²) >= 11 is 7.27. The van der Waals surface area contributed by atoms with Crippen LogP contribution >= 0.6 is 45.3 Å². The highest BCUT2D eigenvalue weighted by Crippen LogP contribution is 2.53. The lowest BCUT2D eigenvalue weighted by Gasteiger charge is -2.04. The van der Waals surface area contributed by atoms with Gasteiger partial charge in [0.25, 0.3) is 0 Å². The molecule has 49 heavy (non-hydrogen) atoms. The van der Waals surface area contributed by atoms with Gasteiger partial charge in [-0.3, -0.25) is 0 Å². The van der Waals surface area contributed by atoms with Crippen LogP contribution in [0.5, 0.6) is 0 Å². The van der Waals surface area contributed by atoms with Crippen LogP contribution in [0.25, 0.3) is 46.0 Å². The van der Waals surface area contributed by atoms with Gasteiger partial charge in [-0.1, -0.05) is 102 Å². The van der Waals surface area contributed by atoms with Crippen molar-refractivity contribution in [2.75, 3.05) is 0 Å². The molecule has 0 bridgehead atoms. The van der Waals surface area contributed by atoms with Crippen molar-refractivity contribution in [3.63, 3.8) is 0 Å². The summed E-state index contributed by atoms with van der Waals surface area (Å²) in [7, 11) is 0. The highest BCUT2D eigenvalue weighted by atomic mass is 32.1. The van der Waals surface area contributed by atoms with Crippen LogP contribution in [0.1, 0.15) is 112 Å². The van der Waals surface area contributed by atoms with E-state index in [4.69, 9.17) is 0 Å². The summed E-state index contributed by atoms with van der Waals surface area (Å²) in [5, 5.41) is 22.0. The molecule has 3 nitrogen and oxygen atoms in total. The largest absolute Gasteiger partial charge is 0.477 e. The highest BCUT2D eigenvalue weighted by Gasteiger charge is 2.31. The predicted molar refractivity (Wildman–Crippen MR) is 213 cm³/mol. The minimum Gasteiger partial charge on any atom is -0.477 e. The van der Waals surface area contributed by atoms with Crippen LogP contribution in [0.4, 0.5) is 0 Å². The Labute approximate surface area is 307 Å². The van der Waals surface area contributed by atoms with Crippen molar-refractivity contribution in [1.29, 1.82) is 5.26 Å². The summed E-state index contributed by atoms with van der Waals surface area (Å²) in [5.74, 6) is -1.18. The average molecular weight is 724 g/mol. The first-order chi connectivity index (χ1) is 24.0. The molecule has 0 atom stereocenters. The van der Waals surface area contributed by atoms with Crippen LogP contribution in [0.15, 0.2) is 65.6 Å². The molecular weight excluding hydrogens is 679 g/mol. The van der Waals surface area contributed by atoms with Crippen LogP contribution in [0, 0.1) is 11.3 Å². The maximum atomic E-state index is 12.1. The van der Waals surface area contributed by atoms with Crippen molar-refractivity contribution in [2.45, 2.75) is 104 Å². The second-order valence-corrected chi connectivity index (χ2v) is 17.1. The van der Waals surface area contributed by atoms with Gasteiger partial charge < -0.3 is 5.11 Å². The molecule has 6 rings (SSSR count). The molecule has 0 amide bonds. The van der Waals surface area contributed by atoms with E-state index in [0.717, 1.165) is 39.3 Å². The van der Waals surface area contributed by atoms with Gasteiger partial charge in [0.15, 0.2) is 0 Å². The van der Waals surface area contributed by atoms with E-state index in [-0.39, 0.29) is 5.57 Å². The van der Waals surface area contributed by atoms with E-state index in [9.17, 15) is 15.2 Å². The molecule has 0 radical (unpaired) electrons. The predicted octanol–water partition coefficient (Wildman–Crippen LogP) is 14.1. The number of carboxylic acids is 1. The van der Waals surface area contributed by atoms with Crippen molar-refractivity contribution in [2.24, 2.45) is 0 Å². The number of aliphatic carboxylic acids is 1. The lowest BCUT2D eigenvalue weighted by atomic mass is 10.0. The van der Waals surface area contributed by atoms with Gasteiger partial charge in [0.2, 0.25) is 0 Å². The van der Waals surface area contributed by atoms with Crippen molar-refractivity contribution >= 4 is 56.9 Å². The monoisotopic (exact) mass is 723 g/mol. The lowest BCUT2D eigenvalue weighted by molar-refractivity contribution is -0.132. The molecule has 1 aliphatic carbocycles. The number of rotatable bonds is 18. The normalized spacial score (nSPS) is 13.0. The van der Waals surface area contributed by atoms with Gasteiger partial charge in [-0.05, 0) is 83.6 Å².